The van der Waals surface area contributed by atoms with Gasteiger partial charge < -0.3 is 10.6 Å². The molecule has 0 saturated carbocycles. The second-order valence-corrected chi connectivity index (χ2v) is 2.31. The molecule has 1 aliphatic rings. The van der Waals surface area contributed by atoms with Crippen LogP contribution in [0, 0.1) is 0 Å². The quantitative estimate of drug-likeness (QED) is 0.542. The van der Waals surface area contributed by atoms with Gasteiger partial charge in [-0.3, -0.25) is 0 Å². The Hall–Kier alpha value is -1.64. The molecule has 3 heteroatoms. The molecule has 0 fully saturated rings. The molecule has 1 heterocycles. The SMILES string of the molecule is Nc1cccc2c1C=CNO2. The topological polar surface area (TPSA) is 47.3 Å². The van der Waals surface area contributed by atoms with E-state index in [1.165, 1.54) is 0 Å². The second-order valence-electron chi connectivity index (χ2n) is 2.31. The normalized spacial score (nSPS) is 13.1. The van der Waals surface area contributed by atoms with E-state index >= 15 is 0 Å². The van der Waals surface area contributed by atoms with Gasteiger partial charge in [0.2, 0.25) is 0 Å². The molecule has 1 aromatic carbocycles. The van der Waals surface area contributed by atoms with Crippen molar-refractivity contribution in [2.45, 2.75) is 0 Å². The number of anilines is 1. The van der Waals surface area contributed by atoms with Crippen LogP contribution in [-0.2, 0) is 0 Å². The van der Waals surface area contributed by atoms with E-state index in [0.717, 1.165) is 17.0 Å². The fourth-order valence-electron chi connectivity index (χ4n) is 1.04. The minimum absolute atomic E-state index is 0.736. The van der Waals surface area contributed by atoms with Gasteiger partial charge in [-0.25, -0.2) is 5.48 Å². The van der Waals surface area contributed by atoms with E-state index in [0.29, 0.717) is 0 Å². The standard InChI is InChI=1S/C8H8N2O/c9-7-2-1-3-8-6(7)4-5-10-11-8/h1-5,10H,9H2. The van der Waals surface area contributed by atoms with Crippen molar-refractivity contribution in [2.24, 2.45) is 0 Å². The Morgan fingerprint density at radius 2 is 2.27 bits per heavy atom. The maximum absolute atomic E-state index is 5.68. The van der Waals surface area contributed by atoms with Crippen molar-refractivity contribution in [1.82, 2.24) is 5.48 Å². The minimum Gasteiger partial charge on any atom is -0.398 e. The number of nitrogens with one attached hydrogen (secondary N) is 1. The van der Waals surface area contributed by atoms with E-state index in [1.807, 2.05) is 24.3 Å². The van der Waals surface area contributed by atoms with Crippen molar-refractivity contribution in [3.63, 3.8) is 0 Å². The van der Waals surface area contributed by atoms with E-state index in [4.69, 9.17) is 10.6 Å². The Morgan fingerprint density at radius 1 is 1.36 bits per heavy atom. The third kappa shape index (κ3) is 0.902. The number of hydrogen-bond donors (Lipinski definition) is 2. The largest absolute Gasteiger partial charge is 0.398 e. The molecule has 1 aromatic rings. The summed E-state index contributed by atoms with van der Waals surface area (Å²) < 4.78 is 0. The molecule has 56 valence electrons. The maximum Gasteiger partial charge on any atom is 0.164 e. The zero-order valence-corrected chi connectivity index (χ0v) is 5.87. The first kappa shape index (κ1) is 6.09. The molecule has 0 amide bonds. The minimum atomic E-state index is 0.736. The molecule has 2 rings (SSSR count). The van der Waals surface area contributed by atoms with Gasteiger partial charge in [0.15, 0.2) is 5.75 Å². The van der Waals surface area contributed by atoms with Crippen LogP contribution >= 0.6 is 0 Å². The van der Waals surface area contributed by atoms with Crippen LogP contribution in [-0.4, -0.2) is 0 Å². The van der Waals surface area contributed by atoms with Crippen molar-refractivity contribution in [2.75, 3.05) is 5.73 Å². The van der Waals surface area contributed by atoms with Crippen molar-refractivity contribution < 1.29 is 4.84 Å². The van der Waals surface area contributed by atoms with Crippen LogP contribution in [0.1, 0.15) is 5.56 Å². The number of rotatable bonds is 0. The van der Waals surface area contributed by atoms with Crippen molar-refractivity contribution in [3.8, 4) is 5.75 Å². The lowest BCUT2D eigenvalue weighted by atomic mass is 10.1. The fourth-order valence-corrected chi connectivity index (χ4v) is 1.04. The van der Waals surface area contributed by atoms with Gasteiger partial charge in [0.25, 0.3) is 0 Å². The summed E-state index contributed by atoms with van der Waals surface area (Å²) in [5.41, 5.74) is 9.99. The van der Waals surface area contributed by atoms with E-state index in [1.54, 1.807) is 6.20 Å². The molecule has 0 saturated heterocycles. The number of nitrogen functional groups attached to an aromatic ring is 1. The lowest BCUT2D eigenvalue weighted by Crippen LogP contribution is -2.14. The molecule has 0 unspecified atom stereocenters. The predicted octanol–water partition coefficient (Wildman–Crippen LogP) is 1.14. The van der Waals surface area contributed by atoms with Gasteiger partial charge in [-0.15, -0.1) is 0 Å². The predicted molar refractivity (Wildman–Crippen MR) is 43.7 cm³/mol. The highest BCUT2D eigenvalue weighted by Crippen LogP contribution is 2.26. The molecule has 0 bridgehead atoms. The highest BCUT2D eigenvalue weighted by Gasteiger charge is 2.06. The average molecular weight is 148 g/mol. The summed E-state index contributed by atoms with van der Waals surface area (Å²) in [7, 11) is 0. The summed E-state index contributed by atoms with van der Waals surface area (Å²) in [4.78, 5) is 5.09. The van der Waals surface area contributed by atoms with Crippen LogP contribution in [0.2, 0.25) is 0 Å². The van der Waals surface area contributed by atoms with Crippen molar-refractivity contribution >= 4 is 11.8 Å². The van der Waals surface area contributed by atoms with Crippen LogP contribution in [0.3, 0.4) is 0 Å². The molecular formula is C8H8N2O. The molecule has 1 aliphatic heterocycles. The Balaban J connectivity index is 2.60. The molecule has 0 atom stereocenters. The molecule has 3 nitrogen and oxygen atoms in total. The van der Waals surface area contributed by atoms with E-state index in [-0.39, 0.29) is 0 Å². The van der Waals surface area contributed by atoms with Crippen LogP contribution in [0.25, 0.3) is 6.08 Å². The van der Waals surface area contributed by atoms with Gasteiger partial charge in [0, 0.05) is 17.5 Å². The molecule has 11 heavy (non-hydrogen) atoms. The summed E-state index contributed by atoms with van der Waals surface area (Å²) in [6.45, 7) is 0. The van der Waals surface area contributed by atoms with Gasteiger partial charge in [-0.05, 0) is 18.2 Å². The van der Waals surface area contributed by atoms with E-state index in [9.17, 15) is 0 Å². The zero-order chi connectivity index (χ0) is 7.68. The molecular weight excluding hydrogens is 140 g/mol. The molecule has 3 N–H and O–H groups in total. The van der Waals surface area contributed by atoms with Crippen molar-refractivity contribution in [3.05, 3.63) is 30.0 Å². The molecule has 0 aliphatic carbocycles. The molecule has 0 spiro atoms. The smallest absolute Gasteiger partial charge is 0.164 e. The third-order valence-corrected chi connectivity index (χ3v) is 1.59. The number of benzene rings is 1. The number of hydrogen-bond acceptors (Lipinski definition) is 3. The average Bonchev–Trinajstić information content (AvgIpc) is 2.06. The second kappa shape index (κ2) is 2.20. The Labute approximate surface area is 64.4 Å². The first-order valence-corrected chi connectivity index (χ1v) is 3.35. The summed E-state index contributed by atoms with van der Waals surface area (Å²) >= 11 is 0. The summed E-state index contributed by atoms with van der Waals surface area (Å²) in [5.74, 6) is 0.771. The number of fused-ring (bicyclic) bond motifs is 1. The lowest BCUT2D eigenvalue weighted by Gasteiger charge is -2.13. The molecule has 0 aromatic heterocycles. The van der Waals surface area contributed by atoms with Gasteiger partial charge in [0.1, 0.15) is 0 Å². The monoisotopic (exact) mass is 148 g/mol. The molecule has 0 radical (unpaired) electrons. The number of hydroxylamine groups is 1. The Morgan fingerprint density at radius 3 is 3.09 bits per heavy atom. The summed E-state index contributed by atoms with van der Waals surface area (Å²) in [6.07, 6.45) is 3.59. The maximum atomic E-state index is 5.68. The highest BCUT2D eigenvalue weighted by atomic mass is 16.6. The van der Waals surface area contributed by atoms with E-state index < -0.39 is 0 Å². The Bertz CT molecular complexity index is 307. The number of nitrogens with two attached hydrogens (primary N) is 1. The summed E-state index contributed by atoms with van der Waals surface area (Å²) in [5, 5.41) is 0. The third-order valence-electron chi connectivity index (χ3n) is 1.59. The van der Waals surface area contributed by atoms with Crippen LogP contribution in [0.5, 0.6) is 5.75 Å². The fraction of sp³-hybridized carbons (Fsp3) is 0. The first-order valence-electron chi connectivity index (χ1n) is 3.35. The van der Waals surface area contributed by atoms with Gasteiger partial charge in [-0.1, -0.05) is 6.07 Å². The van der Waals surface area contributed by atoms with Crippen LogP contribution < -0.4 is 16.1 Å². The van der Waals surface area contributed by atoms with Gasteiger partial charge in [-0.2, -0.15) is 0 Å². The zero-order valence-electron chi connectivity index (χ0n) is 5.87. The van der Waals surface area contributed by atoms with Crippen LogP contribution in [0.15, 0.2) is 24.4 Å². The lowest BCUT2D eigenvalue weighted by molar-refractivity contribution is 0.239. The summed E-state index contributed by atoms with van der Waals surface area (Å²) in [6, 6.07) is 5.56. The highest BCUT2D eigenvalue weighted by molar-refractivity contribution is 5.70. The van der Waals surface area contributed by atoms with Gasteiger partial charge in [0.05, 0.1) is 0 Å². The van der Waals surface area contributed by atoms with Crippen LogP contribution in [0.4, 0.5) is 5.69 Å². The van der Waals surface area contributed by atoms with Crippen molar-refractivity contribution in [1.29, 1.82) is 0 Å². The van der Waals surface area contributed by atoms with E-state index in [2.05, 4.69) is 5.48 Å². The van der Waals surface area contributed by atoms with Gasteiger partial charge >= 0.3 is 0 Å². The first-order chi connectivity index (χ1) is 5.38. The Kier molecular flexibility index (Phi) is 1.22.